The van der Waals surface area contributed by atoms with E-state index in [0.717, 1.165) is 29.2 Å². The van der Waals surface area contributed by atoms with Crippen LogP contribution in [0.25, 0.3) is 12.2 Å². The van der Waals surface area contributed by atoms with Crippen LogP contribution < -0.4 is 12.4 Å². The Kier molecular flexibility index (Phi) is 15.1. The lowest BCUT2D eigenvalue weighted by molar-refractivity contribution is -0.884. The molecule has 6 nitrogen and oxygen atoms in total. The average Bonchev–Trinajstić information content (AvgIpc) is 2.67. The SMILES string of the molecule is C=Cc1ccc(C[N+](C)(C)C)cc1.C=Cc1ccc(C[N+](C)(C)C)cc1.COS(=O)(=O)[O-].[Cl-]. The van der Waals surface area contributed by atoms with E-state index >= 15 is 0 Å². The summed E-state index contributed by atoms with van der Waals surface area (Å²) in [5.74, 6) is 0. The topological polar surface area (TPSA) is 66.4 Å². The fourth-order valence-electron chi connectivity index (χ4n) is 2.61. The Hall–Kier alpha value is -2.00. The zero-order chi connectivity index (χ0) is 25.0. The third-order valence-electron chi connectivity index (χ3n) is 3.95. The Labute approximate surface area is 207 Å². The van der Waals surface area contributed by atoms with Gasteiger partial charge in [0.1, 0.15) is 13.1 Å². The quantitative estimate of drug-likeness (QED) is 0.326. The molecule has 0 unspecified atom stereocenters. The van der Waals surface area contributed by atoms with Gasteiger partial charge in [0.2, 0.25) is 10.4 Å². The maximum absolute atomic E-state index is 9.22. The standard InChI is InChI=1S/2C12H18N.CH4O4S.ClH/c2*1-5-11-6-8-12(9-7-11)10-13(2,3)4;1-5-6(2,3)4;/h2*5-9H,1,10H2,2-4H3;1H3,(H,2,3,4);1H/q2*+1;;/p-2. The van der Waals surface area contributed by atoms with Crippen LogP contribution >= 0.6 is 0 Å². The van der Waals surface area contributed by atoms with Gasteiger partial charge in [-0.3, -0.25) is 4.18 Å². The Balaban J connectivity index is 0. The van der Waals surface area contributed by atoms with Crippen molar-refractivity contribution in [3.05, 3.63) is 83.9 Å². The molecule has 2 aromatic rings. The van der Waals surface area contributed by atoms with Gasteiger partial charge in [-0.2, -0.15) is 0 Å². The first kappa shape index (κ1) is 33.2. The van der Waals surface area contributed by atoms with Crippen LogP contribution in [0, 0.1) is 0 Å². The van der Waals surface area contributed by atoms with Gasteiger partial charge in [-0.05, 0) is 11.1 Å². The summed E-state index contributed by atoms with van der Waals surface area (Å²) in [6.45, 7) is 9.60. The number of benzene rings is 2. The van der Waals surface area contributed by atoms with E-state index in [1.807, 2.05) is 12.2 Å². The summed E-state index contributed by atoms with van der Waals surface area (Å²) in [7, 11) is 9.57. The molecule has 186 valence electrons. The molecule has 0 aromatic heterocycles. The minimum Gasteiger partial charge on any atom is -1.00 e. The van der Waals surface area contributed by atoms with Gasteiger partial charge in [0, 0.05) is 11.1 Å². The van der Waals surface area contributed by atoms with Crippen LogP contribution in [0.5, 0.6) is 0 Å². The fraction of sp³-hybridized carbons (Fsp3) is 0.360. The Morgan fingerprint density at radius 2 is 1.00 bits per heavy atom. The van der Waals surface area contributed by atoms with Gasteiger partial charge in [-0.15, -0.1) is 0 Å². The fourth-order valence-corrected chi connectivity index (χ4v) is 2.61. The summed E-state index contributed by atoms with van der Waals surface area (Å²) in [6.07, 6.45) is 3.74. The monoisotopic (exact) mass is 498 g/mol. The first-order valence-corrected chi connectivity index (χ1v) is 11.5. The molecule has 0 spiro atoms. The summed E-state index contributed by atoms with van der Waals surface area (Å²) in [5.41, 5.74) is 5.12. The van der Waals surface area contributed by atoms with Crippen molar-refractivity contribution < 1.29 is 38.5 Å². The van der Waals surface area contributed by atoms with E-state index in [0.29, 0.717) is 0 Å². The van der Waals surface area contributed by atoms with Crippen molar-refractivity contribution in [2.45, 2.75) is 13.1 Å². The highest BCUT2D eigenvalue weighted by atomic mass is 35.5. The lowest BCUT2D eigenvalue weighted by atomic mass is 10.1. The number of halogens is 1. The zero-order valence-electron chi connectivity index (χ0n) is 20.9. The van der Waals surface area contributed by atoms with Crippen molar-refractivity contribution in [2.75, 3.05) is 49.4 Å². The molecule has 0 aliphatic rings. The predicted octanol–water partition coefficient (Wildman–Crippen LogP) is 1.17. The van der Waals surface area contributed by atoms with Crippen LogP contribution in [0.15, 0.2) is 61.7 Å². The summed E-state index contributed by atoms with van der Waals surface area (Å²) in [6, 6.07) is 17.1. The third kappa shape index (κ3) is 19.2. The molecular weight excluding hydrogens is 460 g/mol. The molecule has 2 rings (SSSR count). The molecule has 0 saturated heterocycles. The highest BCUT2D eigenvalue weighted by molar-refractivity contribution is 7.80. The normalized spacial score (nSPS) is 11.0. The smallest absolute Gasteiger partial charge is 0.217 e. The van der Waals surface area contributed by atoms with Crippen LogP contribution in [0.3, 0.4) is 0 Å². The first-order chi connectivity index (χ1) is 14.6. The van der Waals surface area contributed by atoms with Gasteiger partial charge >= 0.3 is 0 Å². The summed E-state index contributed by atoms with van der Waals surface area (Å²) >= 11 is 0. The van der Waals surface area contributed by atoms with Crippen molar-refractivity contribution in [2.24, 2.45) is 0 Å². The molecule has 0 atom stereocenters. The van der Waals surface area contributed by atoms with Crippen LogP contribution in [0.1, 0.15) is 22.3 Å². The van der Waals surface area contributed by atoms with Gasteiger partial charge in [0.05, 0.1) is 49.4 Å². The maximum atomic E-state index is 9.22. The van der Waals surface area contributed by atoms with Gasteiger partial charge < -0.3 is 25.9 Å². The molecule has 0 aliphatic carbocycles. The van der Waals surface area contributed by atoms with E-state index in [-0.39, 0.29) is 12.4 Å². The molecule has 8 heteroatoms. The lowest BCUT2D eigenvalue weighted by Crippen LogP contribution is -3.00. The van der Waals surface area contributed by atoms with Crippen LogP contribution in [0.4, 0.5) is 0 Å². The molecule has 0 saturated carbocycles. The Bertz CT molecular complexity index is 865. The minimum absolute atomic E-state index is 0. The molecule has 0 fully saturated rings. The number of hydrogen-bond donors (Lipinski definition) is 0. The highest BCUT2D eigenvalue weighted by Crippen LogP contribution is 2.10. The number of hydrogen-bond acceptors (Lipinski definition) is 4. The van der Waals surface area contributed by atoms with E-state index in [1.54, 1.807) is 0 Å². The minimum atomic E-state index is -4.41. The summed E-state index contributed by atoms with van der Waals surface area (Å²) < 4.78 is 33.0. The molecule has 33 heavy (non-hydrogen) atoms. The van der Waals surface area contributed by atoms with Gasteiger partial charge in [-0.25, -0.2) is 8.42 Å². The average molecular weight is 499 g/mol. The van der Waals surface area contributed by atoms with Gasteiger partial charge in [0.25, 0.3) is 0 Å². The van der Waals surface area contributed by atoms with E-state index < -0.39 is 10.4 Å². The van der Waals surface area contributed by atoms with Crippen LogP contribution in [-0.2, 0) is 27.7 Å². The van der Waals surface area contributed by atoms with Crippen molar-refractivity contribution >= 4 is 22.6 Å². The largest absolute Gasteiger partial charge is 1.00 e. The molecule has 0 bridgehead atoms. The molecule has 0 heterocycles. The second-order valence-electron chi connectivity index (χ2n) is 9.36. The van der Waals surface area contributed by atoms with E-state index in [1.165, 1.54) is 22.3 Å². The van der Waals surface area contributed by atoms with E-state index in [9.17, 15) is 13.0 Å². The molecular formula is C25H39ClN2O4S. The van der Waals surface area contributed by atoms with Crippen molar-refractivity contribution in [1.82, 2.24) is 0 Å². The first-order valence-electron chi connectivity index (χ1n) is 10.1. The molecule has 0 radical (unpaired) electrons. The molecule has 2 aromatic carbocycles. The van der Waals surface area contributed by atoms with Gasteiger partial charge in [-0.1, -0.05) is 73.8 Å². The second-order valence-corrected chi connectivity index (χ2v) is 10.5. The molecule has 0 amide bonds. The second kappa shape index (κ2) is 15.0. The zero-order valence-corrected chi connectivity index (χ0v) is 22.5. The number of nitrogens with zero attached hydrogens (tertiary/aromatic N) is 2. The number of rotatable bonds is 7. The van der Waals surface area contributed by atoms with E-state index in [4.69, 9.17) is 0 Å². The third-order valence-corrected chi connectivity index (χ3v) is 4.36. The summed E-state index contributed by atoms with van der Waals surface area (Å²) in [4.78, 5) is 0. The van der Waals surface area contributed by atoms with Crippen LogP contribution in [-0.4, -0.2) is 71.3 Å². The van der Waals surface area contributed by atoms with E-state index in [2.05, 4.69) is 108 Å². The van der Waals surface area contributed by atoms with Crippen LogP contribution in [0.2, 0.25) is 0 Å². The molecule has 0 aliphatic heterocycles. The predicted molar refractivity (Wildman–Crippen MR) is 133 cm³/mol. The highest BCUT2D eigenvalue weighted by Gasteiger charge is 2.08. The van der Waals surface area contributed by atoms with Crippen molar-refractivity contribution in [3.63, 3.8) is 0 Å². The van der Waals surface area contributed by atoms with Gasteiger partial charge in [0.15, 0.2) is 0 Å². The van der Waals surface area contributed by atoms with Crippen molar-refractivity contribution in [3.8, 4) is 0 Å². The number of quaternary nitrogens is 2. The lowest BCUT2D eigenvalue weighted by Gasteiger charge is -2.23. The molecule has 0 N–H and O–H groups in total. The Morgan fingerprint density at radius 3 is 1.15 bits per heavy atom. The van der Waals surface area contributed by atoms with Crippen molar-refractivity contribution in [1.29, 1.82) is 0 Å². The summed E-state index contributed by atoms with van der Waals surface area (Å²) in [5, 5.41) is 0. The maximum Gasteiger partial charge on any atom is 0.217 e. The Morgan fingerprint density at radius 1 is 0.758 bits per heavy atom.